The quantitative estimate of drug-likeness (QED) is 0.707. The Kier molecular flexibility index (Phi) is 4.99. The first-order valence-electron chi connectivity index (χ1n) is 4.79. The van der Waals surface area contributed by atoms with Crippen LogP contribution in [0.15, 0.2) is 0 Å². The number of hydrogen-bond donors (Lipinski definition) is 1. The van der Waals surface area contributed by atoms with E-state index in [0.717, 1.165) is 0 Å². The highest BCUT2D eigenvalue weighted by Gasteiger charge is 2.35. The van der Waals surface area contributed by atoms with Gasteiger partial charge in [-0.25, -0.2) is 0 Å². The molecular weight excluding hydrogens is 166 g/mol. The molecule has 0 saturated carbocycles. The standard InChI is InChI=1S/C10H21NO2/c1-6-13-7-10(4,8(2)3)9(12)11-5/h8H,6-7H2,1-5H3,(H,11,12). The monoisotopic (exact) mass is 187 g/mol. The van der Waals surface area contributed by atoms with Gasteiger partial charge in [-0.3, -0.25) is 4.79 Å². The lowest BCUT2D eigenvalue weighted by Gasteiger charge is -2.31. The van der Waals surface area contributed by atoms with Crippen molar-refractivity contribution in [3.8, 4) is 0 Å². The highest BCUT2D eigenvalue weighted by Crippen LogP contribution is 2.27. The minimum absolute atomic E-state index is 0.0518. The Morgan fingerprint density at radius 2 is 2.08 bits per heavy atom. The average Bonchev–Trinajstić information content (AvgIpc) is 2.12. The second-order valence-electron chi connectivity index (χ2n) is 3.79. The fraction of sp³-hybridized carbons (Fsp3) is 0.900. The van der Waals surface area contributed by atoms with Crippen LogP contribution in [0.25, 0.3) is 0 Å². The molecule has 1 atom stereocenters. The molecule has 3 nitrogen and oxygen atoms in total. The number of hydrogen-bond acceptors (Lipinski definition) is 2. The molecule has 0 heterocycles. The molecule has 0 fully saturated rings. The highest BCUT2D eigenvalue weighted by atomic mass is 16.5. The molecule has 78 valence electrons. The number of carbonyl (C=O) groups excluding carboxylic acids is 1. The summed E-state index contributed by atoms with van der Waals surface area (Å²) in [5.74, 6) is 0.329. The molecule has 0 spiro atoms. The van der Waals surface area contributed by atoms with Gasteiger partial charge in [-0.2, -0.15) is 0 Å². The average molecular weight is 187 g/mol. The second kappa shape index (κ2) is 5.22. The van der Waals surface area contributed by atoms with Crippen molar-refractivity contribution in [2.45, 2.75) is 27.7 Å². The van der Waals surface area contributed by atoms with Gasteiger partial charge in [0.05, 0.1) is 12.0 Å². The summed E-state index contributed by atoms with van der Waals surface area (Å²) in [4.78, 5) is 11.6. The van der Waals surface area contributed by atoms with Crippen LogP contribution in [-0.4, -0.2) is 26.2 Å². The van der Waals surface area contributed by atoms with Crippen molar-refractivity contribution >= 4 is 5.91 Å². The largest absolute Gasteiger partial charge is 0.381 e. The summed E-state index contributed by atoms with van der Waals surface area (Å²) in [5, 5.41) is 2.68. The Morgan fingerprint density at radius 3 is 2.38 bits per heavy atom. The molecule has 0 aromatic heterocycles. The summed E-state index contributed by atoms with van der Waals surface area (Å²) in [6, 6.07) is 0. The molecule has 1 N–H and O–H groups in total. The number of amides is 1. The predicted octanol–water partition coefficient (Wildman–Crippen LogP) is 1.43. The molecule has 0 aromatic rings. The number of ether oxygens (including phenoxy) is 1. The summed E-state index contributed by atoms with van der Waals surface area (Å²) in [6.07, 6.45) is 0. The van der Waals surface area contributed by atoms with Gasteiger partial charge in [-0.1, -0.05) is 13.8 Å². The van der Waals surface area contributed by atoms with Gasteiger partial charge in [-0.05, 0) is 19.8 Å². The van der Waals surface area contributed by atoms with E-state index in [4.69, 9.17) is 4.74 Å². The van der Waals surface area contributed by atoms with Crippen molar-refractivity contribution in [1.82, 2.24) is 5.32 Å². The van der Waals surface area contributed by atoms with E-state index in [9.17, 15) is 4.79 Å². The third-order valence-electron chi connectivity index (χ3n) is 2.63. The summed E-state index contributed by atoms with van der Waals surface area (Å²) in [7, 11) is 1.66. The Balaban J connectivity index is 4.43. The molecule has 0 saturated heterocycles. The van der Waals surface area contributed by atoms with Crippen LogP contribution in [0, 0.1) is 11.3 Å². The van der Waals surface area contributed by atoms with Crippen LogP contribution in [0.2, 0.25) is 0 Å². The van der Waals surface area contributed by atoms with E-state index in [0.29, 0.717) is 13.2 Å². The molecule has 0 aliphatic heterocycles. The lowest BCUT2D eigenvalue weighted by Crippen LogP contribution is -2.44. The first-order valence-corrected chi connectivity index (χ1v) is 4.79. The topological polar surface area (TPSA) is 38.3 Å². The van der Waals surface area contributed by atoms with E-state index in [2.05, 4.69) is 5.32 Å². The first-order chi connectivity index (χ1) is 5.99. The lowest BCUT2D eigenvalue weighted by molar-refractivity contribution is -0.136. The van der Waals surface area contributed by atoms with E-state index in [1.54, 1.807) is 7.05 Å². The molecule has 1 unspecified atom stereocenters. The van der Waals surface area contributed by atoms with Gasteiger partial charge < -0.3 is 10.1 Å². The zero-order valence-electron chi connectivity index (χ0n) is 9.31. The van der Waals surface area contributed by atoms with Crippen LogP contribution < -0.4 is 5.32 Å². The molecule has 0 aliphatic carbocycles. The minimum atomic E-state index is -0.412. The fourth-order valence-corrected chi connectivity index (χ4v) is 1.09. The van der Waals surface area contributed by atoms with Crippen molar-refractivity contribution < 1.29 is 9.53 Å². The summed E-state index contributed by atoms with van der Waals surface area (Å²) in [5.41, 5.74) is -0.412. The highest BCUT2D eigenvalue weighted by molar-refractivity contribution is 5.82. The van der Waals surface area contributed by atoms with Gasteiger partial charge in [0.15, 0.2) is 0 Å². The van der Waals surface area contributed by atoms with Crippen LogP contribution in [-0.2, 0) is 9.53 Å². The van der Waals surface area contributed by atoms with Gasteiger partial charge in [0.1, 0.15) is 0 Å². The van der Waals surface area contributed by atoms with Crippen LogP contribution in [0.5, 0.6) is 0 Å². The molecule has 1 amide bonds. The van der Waals surface area contributed by atoms with Crippen LogP contribution >= 0.6 is 0 Å². The van der Waals surface area contributed by atoms with Crippen molar-refractivity contribution in [2.24, 2.45) is 11.3 Å². The van der Waals surface area contributed by atoms with E-state index in [-0.39, 0.29) is 11.8 Å². The maximum atomic E-state index is 11.6. The zero-order chi connectivity index (χ0) is 10.5. The zero-order valence-corrected chi connectivity index (χ0v) is 9.31. The summed E-state index contributed by atoms with van der Waals surface area (Å²) < 4.78 is 5.32. The van der Waals surface area contributed by atoms with E-state index >= 15 is 0 Å². The van der Waals surface area contributed by atoms with Crippen molar-refractivity contribution in [3.63, 3.8) is 0 Å². The third-order valence-corrected chi connectivity index (χ3v) is 2.63. The van der Waals surface area contributed by atoms with E-state index in [1.165, 1.54) is 0 Å². The smallest absolute Gasteiger partial charge is 0.228 e. The van der Waals surface area contributed by atoms with Gasteiger partial charge in [0, 0.05) is 13.7 Å². The van der Waals surface area contributed by atoms with Gasteiger partial charge in [-0.15, -0.1) is 0 Å². The van der Waals surface area contributed by atoms with Crippen molar-refractivity contribution in [1.29, 1.82) is 0 Å². The summed E-state index contributed by atoms with van der Waals surface area (Å²) in [6.45, 7) is 9.08. The van der Waals surface area contributed by atoms with Gasteiger partial charge in [0.25, 0.3) is 0 Å². The van der Waals surface area contributed by atoms with E-state index in [1.807, 2.05) is 27.7 Å². The Bertz CT molecular complexity index is 168. The van der Waals surface area contributed by atoms with Crippen molar-refractivity contribution in [3.05, 3.63) is 0 Å². The van der Waals surface area contributed by atoms with Gasteiger partial charge >= 0.3 is 0 Å². The number of nitrogens with one attached hydrogen (secondary N) is 1. The Hall–Kier alpha value is -0.570. The predicted molar refractivity (Wildman–Crippen MR) is 53.5 cm³/mol. The molecule has 13 heavy (non-hydrogen) atoms. The second-order valence-corrected chi connectivity index (χ2v) is 3.79. The minimum Gasteiger partial charge on any atom is -0.381 e. The van der Waals surface area contributed by atoms with Crippen LogP contribution in [0.4, 0.5) is 0 Å². The fourth-order valence-electron chi connectivity index (χ4n) is 1.09. The van der Waals surface area contributed by atoms with Crippen LogP contribution in [0.1, 0.15) is 27.7 Å². The SMILES string of the molecule is CCOCC(C)(C(=O)NC)C(C)C. The maximum Gasteiger partial charge on any atom is 0.228 e. The molecular formula is C10H21NO2. The molecule has 0 rings (SSSR count). The summed E-state index contributed by atoms with van der Waals surface area (Å²) >= 11 is 0. The van der Waals surface area contributed by atoms with E-state index < -0.39 is 5.41 Å². The molecule has 3 heteroatoms. The number of carbonyl (C=O) groups is 1. The van der Waals surface area contributed by atoms with Crippen molar-refractivity contribution in [2.75, 3.05) is 20.3 Å². The Labute approximate surface area is 80.8 Å². The van der Waals surface area contributed by atoms with Gasteiger partial charge in [0.2, 0.25) is 5.91 Å². The molecule has 0 aliphatic rings. The number of rotatable bonds is 5. The molecule has 0 aromatic carbocycles. The molecule has 0 radical (unpaired) electrons. The lowest BCUT2D eigenvalue weighted by atomic mass is 9.79. The molecule has 0 bridgehead atoms. The maximum absolute atomic E-state index is 11.6. The normalized spacial score (nSPS) is 15.5. The van der Waals surface area contributed by atoms with Crippen LogP contribution in [0.3, 0.4) is 0 Å². The third kappa shape index (κ3) is 2.99. The Morgan fingerprint density at radius 1 is 1.54 bits per heavy atom. The first kappa shape index (κ1) is 12.4.